The lowest BCUT2D eigenvalue weighted by Crippen LogP contribution is -2.12. The lowest BCUT2D eigenvalue weighted by Gasteiger charge is -2.09. The largest absolute Gasteiger partial charge is 0.462 e. The molecule has 0 unspecified atom stereocenters. The van der Waals surface area contributed by atoms with E-state index in [-0.39, 0.29) is 5.91 Å². The van der Waals surface area contributed by atoms with Gasteiger partial charge in [-0.15, -0.1) is 0 Å². The van der Waals surface area contributed by atoms with E-state index in [4.69, 9.17) is 27.9 Å². The summed E-state index contributed by atoms with van der Waals surface area (Å²) < 4.78 is 6.63. The Hall–Kier alpha value is -2.83. The van der Waals surface area contributed by atoms with Crippen LogP contribution >= 0.6 is 23.2 Å². The van der Waals surface area contributed by atoms with Crippen molar-refractivity contribution in [2.24, 2.45) is 0 Å². The molecule has 0 radical (unpaired) electrons. The summed E-state index contributed by atoms with van der Waals surface area (Å²) in [5.74, 6) is -0.735. The Morgan fingerprint density at radius 1 is 1.14 bits per heavy atom. The Morgan fingerprint density at radius 2 is 1.86 bits per heavy atom. The molecule has 1 heterocycles. The number of anilines is 1. The van der Waals surface area contributed by atoms with E-state index in [0.717, 1.165) is 0 Å². The van der Waals surface area contributed by atoms with Gasteiger partial charge in [0.15, 0.2) is 0 Å². The summed E-state index contributed by atoms with van der Waals surface area (Å²) in [6, 6.07) is 11.6. The second-order valence-electron chi connectivity index (χ2n) is 5.90. The Bertz CT molecular complexity index is 1030. The zero-order valence-corrected chi connectivity index (χ0v) is 16.7. The Kier molecular flexibility index (Phi) is 6.02. The van der Waals surface area contributed by atoms with Crippen LogP contribution in [0.1, 0.15) is 33.3 Å². The molecule has 0 saturated carbocycles. The fourth-order valence-electron chi connectivity index (χ4n) is 2.62. The number of amides is 1. The number of hydrogen-bond donors (Lipinski definition) is 1. The third-order valence-corrected chi connectivity index (χ3v) is 4.62. The second-order valence-corrected chi connectivity index (χ2v) is 6.74. The molecule has 0 aliphatic carbocycles. The van der Waals surface area contributed by atoms with Crippen molar-refractivity contribution in [3.05, 3.63) is 75.5 Å². The molecule has 0 fully saturated rings. The normalized spacial score (nSPS) is 10.6. The predicted octanol–water partition coefficient (Wildman–Crippen LogP) is 4.92. The minimum atomic E-state index is -0.416. The van der Waals surface area contributed by atoms with E-state index in [1.165, 1.54) is 6.20 Å². The third-order valence-electron chi connectivity index (χ3n) is 4.06. The van der Waals surface area contributed by atoms with Crippen LogP contribution in [-0.2, 0) is 4.74 Å². The maximum atomic E-state index is 12.5. The van der Waals surface area contributed by atoms with Crippen molar-refractivity contribution in [2.75, 3.05) is 11.9 Å². The average molecular weight is 418 g/mol. The highest BCUT2D eigenvalue weighted by molar-refractivity contribution is 6.35. The molecule has 0 atom stereocenters. The van der Waals surface area contributed by atoms with Gasteiger partial charge in [0.05, 0.1) is 34.9 Å². The molecule has 144 valence electrons. The van der Waals surface area contributed by atoms with Crippen LogP contribution in [0.3, 0.4) is 0 Å². The molecule has 2 aromatic carbocycles. The van der Waals surface area contributed by atoms with Crippen LogP contribution in [0.25, 0.3) is 5.69 Å². The molecule has 8 heteroatoms. The number of aromatic nitrogens is 2. The van der Waals surface area contributed by atoms with Gasteiger partial charge in [-0.05, 0) is 56.3 Å². The van der Waals surface area contributed by atoms with Gasteiger partial charge in [0, 0.05) is 10.6 Å². The van der Waals surface area contributed by atoms with Crippen molar-refractivity contribution in [3.8, 4) is 5.69 Å². The molecule has 28 heavy (non-hydrogen) atoms. The van der Waals surface area contributed by atoms with E-state index in [9.17, 15) is 9.59 Å². The highest BCUT2D eigenvalue weighted by Gasteiger charge is 2.16. The fourth-order valence-corrected chi connectivity index (χ4v) is 2.96. The van der Waals surface area contributed by atoms with Gasteiger partial charge < -0.3 is 10.1 Å². The molecule has 1 N–H and O–H groups in total. The topological polar surface area (TPSA) is 73.2 Å². The standard InChI is InChI=1S/C20H17Cl2N3O3/c1-3-28-20(27)16-11-23-25(12(16)2)15-7-4-13(5-8-15)19(26)24-18-10-14(21)6-9-17(18)22/h4-11H,3H2,1-2H3,(H,24,26). The highest BCUT2D eigenvalue weighted by Crippen LogP contribution is 2.26. The number of halogens is 2. The summed E-state index contributed by atoms with van der Waals surface area (Å²) in [6.45, 7) is 3.82. The molecule has 1 aromatic heterocycles. The first-order valence-corrected chi connectivity index (χ1v) is 9.25. The Balaban J connectivity index is 1.79. The highest BCUT2D eigenvalue weighted by atomic mass is 35.5. The number of rotatable bonds is 5. The van der Waals surface area contributed by atoms with Crippen molar-refractivity contribution in [3.63, 3.8) is 0 Å². The monoisotopic (exact) mass is 417 g/mol. The van der Waals surface area contributed by atoms with Crippen LogP contribution in [-0.4, -0.2) is 28.3 Å². The number of carbonyl (C=O) groups excluding carboxylic acids is 2. The number of carbonyl (C=O) groups is 2. The molecular weight excluding hydrogens is 401 g/mol. The molecule has 1 amide bonds. The predicted molar refractivity (Wildman–Crippen MR) is 109 cm³/mol. The zero-order valence-electron chi connectivity index (χ0n) is 15.2. The van der Waals surface area contributed by atoms with Crippen LogP contribution in [0, 0.1) is 6.92 Å². The summed E-state index contributed by atoms with van der Waals surface area (Å²) in [5, 5.41) is 7.84. The summed E-state index contributed by atoms with van der Waals surface area (Å²) in [7, 11) is 0. The molecule has 0 bridgehead atoms. The first-order valence-electron chi connectivity index (χ1n) is 8.49. The van der Waals surface area contributed by atoms with Crippen molar-refractivity contribution < 1.29 is 14.3 Å². The lowest BCUT2D eigenvalue weighted by molar-refractivity contribution is 0.0525. The van der Waals surface area contributed by atoms with Crippen LogP contribution < -0.4 is 5.32 Å². The summed E-state index contributed by atoms with van der Waals surface area (Å²) in [4.78, 5) is 24.4. The van der Waals surface area contributed by atoms with E-state index in [2.05, 4.69) is 10.4 Å². The number of hydrogen-bond acceptors (Lipinski definition) is 4. The molecular formula is C20H17Cl2N3O3. The number of nitrogens with one attached hydrogen (secondary N) is 1. The number of esters is 1. The summed E-state index contributed by atoms with van der Waals surface area (Å²) >= 11 is 12.0. The molecule has 3 aromatic rings. The van der Waals surface area contributed by atoms with Crippen molar-refractivity contribution in [2.45, 2.75) is 13.8 Å². The maximum Gasteiger partial charge on any atom is 0.341 e. The van der Waals surface area contributed by atoms with Gasteiger partial charge in [-0.25, -0.2) is 9.48 Å². The first-order chi connectivity index (χ1) is 13.4. The maximum absolute atomic E-state index is 12.5. The number of ether oxygens (including phenoxy) is 1. The molecule has 0 aliphatic rings. The van der Waals surface area contributed by atoms with E-state index >= 15 is 0 Å². The van der Waals surface area contributed by atoms with E-state index in [1.807, 2.05) is 0 Å². The molecule has 6 nitrogen and oxygen atoms in total. The number of nitrogens with zero attached hydrogens (tertiary/aromatic N) is 2. The summed E-state index contributed by atoms with van der Waals surface area (Å²) in [5.41, 5.74) is 2.64. The molecule has 0 spiro atoms. The molecule has 3 rings (SSSR count). The van der Waals surface area contributed by atoms with Crippen LogP contribution in [0.15, 0.2) is 48.7 Å². The van der Waals surface area contributed by atoms with Crippen LogP contribution in [0.4, 0.5) is 5.69 Å². The van der Waals surface area contributed by atoms with Gasteiger partial charge in [0.1, 0.15) is 5.56 Å². The Labute approximate surface area is 172 Å². The van der Waals surface area contributed by atoms with E-state index in [0.29, 0.717) is 44.8 Å². The third kappa shape index (κ3) is 4.18. The van der Waals surface area contributed by atoms with E-state index < -0.39 is 5.97 Å². The minimum absolute atomic E-state index is 0.296. The summed E-state index contributed by atoms with van der Waals surface area (Å²) in [6.07, 6.45) is 1.47. The zero-order chi connectivity index (χ0) is 20.3. The van der Waals surface area contributed by atoms with E-state index in [1.54, 1.807) is 61.0 Å². The van der Waals surface area contributed by atoms with Crippen LogP contribution in [0.2, 0.25) is 10.0 Å². The number of benzene rings is 2. The van der Waals surface area contributed by atoms with Gasteiger partial charge in [-0.2, -0.15) is 5.10 Å². The smallest absolute Gasteiger partial charge is 0.341 e. The second kappa shape index (κ2) is 8.46. The quantitative estimate of drug-likeness (QED) is 0.598. The van der Waals surface area contributed by atoms with Gasteiger partial charge in [0.25, 0.3) is 5.91 Å². The van der Waals surface area contributed by atoms with Crippen molar-refractivity contribution in [1.82, 2.24) is 9.78 Å². The SMILES string of the molecule is CCOC(=O)c1cnn(-c2ccc(C(=O)Nc3cc(Cl)ccc3Cl)cc2)c1C. The van der Waals surface area contributed by atoms with Gasteiger partial charge >= 0.3 is 5.97 Å². The van der Waals surface area contributed by atoms with Gasteiger partial charge in [0.2, 0.25) is 0 Å². The van der Waals surface area contributed by atoms with Gasteiger partial charge in [-0.1, -0.05) is 23.2 Å². The van der Waals surface area contributed by atoms with Crippen LogP contribution in [0.5, 0.6) is 0 Å². The molecule has 0 aliphatic heterocycles. The minimum Gasteiger partial charge on any atom is -0.462 e. The van der Waals surface area contributed by atoms with Crippen molar-refractivity contribution in [1.29, 1.82) is 0 Å². The Morgan fingerprint density at radius 3 is 2.54 bits per heavy atom. The van der Waals surface area contributed by atoms with Crippen molar-refractivity contribution >= 4 is 40.8 Å². The van der Waals surface area contributed by atoms with Gasteiger partial charge in [-0.3, -0.25) is 4.79 Å². The lowest BCUT2D eigenvalue weighted by atomic mass is 10.2. The average Bonchev–Trinajstić information content (AvgIpc) is 3.06. The first kappa shape index (κ1) is 19.9. The fraction of sp³-hybridized carbons (Fsp3) is 0.150. The molecule has 0 saturated heterocycles.